The molecule has 1 heterocycles. The lowest BCUT2D eigenvalue weighted by Gasteiger charge is -2.26. The zero-order chi connectivity index (χ0) is 15.6. The van der Waals surface area contributed by atoms with E-state index in [0.717, 1.165) is 18.4 Å². The molecular formula is C19H21FO2. The standard InChI is InChI=1S/C19H21FO2/c1-2-3-4-9-19-21-14-17(15-22-19)8-6-5-7-16-10-12-18(20)13-11-16/h10-13,17,19H,2-4,9,14-15H2,1H3. The predicted molar refractivity (Wildman–Crippen MR) is 84.4 cm³/mol. The first-order chi connectivity index (χ1) is 10.8. The van der Waals surface area contributed by atoms with Crippen LogP contribution in [0.1, 0.15) is 38.2 Å². The van der Waals surface area contributed by atoms with Gasteiger partial charge in [-0.3, -0.25) is 0 Å². The summed E-state index contributed by atoms with van der Waals surface area (Å²) in [5.74, 6) is 11.3. The van der Waals surface area contributed by atoms with Crippen molar-refractivity contribution >= 4 is 0 Å². The molecule has 1 aromatic carbocycles. The Hall–Kier alpha value is -1.81. The molecule has 0 radical (unpaired) electrons. The van der Waals surface area contributed by atoms with Crippen LogP contribution in [-0.4, -0.2) is 19.5 Å². The number of ether oxygens (including phenoxy) is 2. The van der Waals surface area contributed by atoms with Crippen molar-refractivity contribution in [3.05, 3.63) is 35.6 Å². The Labute approximate surface area is 132 Å². The maximum absolute atomic E-state index is 12.7. The van der Waals surface area contributed by atoms with Gasteiger partial charge in [-0.15, -0.1) is 0 Å². The summed E-state index contributed by atoms with van der Waals surface area (Å²) in [5, 5.41) is 0. The molecule has 0 unspecified atom stereocenters. The van der Waals surface area contributed by atoms with E-state index in [4.69, 9.17) is 9.47 Å². The lowest BCUT2D eigenvalue weighted by molar-refractivity contribution is -0.194. The van der Waals surface area contributed by atoms with Crippen molar-refractivity contribution < 1.29 is 13.9 Å². The third-order valence-electron chi connectivity index (χ3n) is 3.40. The second kappa shape index (κ2) is 9.26. The number of hydrogen-bond acceptors (Lipinski definition) is 2. The molecule has 1 fully saturated rings. The molecule has 116 valence electrons. The first-order valence-corrected chi connectivity index (χ1v) is 7.78. The minimum absolute atomic E-state index is 0.0740. The summed E-state index contributed by atoms with van der Waals surface area (Å²) in [5.41, 5.74) is 0.753. The van der Waals surface area contributed by atoms with Crippen LogP contribution in [0.15, 0.2) is 24.3 Å². The van der Waals surface area contributed by atoms with Crippen LogP contribution in [0.25, 0.3) is 0 Å². The molecular weight excluding hydrogens is 279 g/mol. The molecule has 0 atom stereocenters. The molecule has 1 aliphatic heterocycles. The van der Waals surface area contributed by atoms with Gasteiger partial charge in [-0.25, -0.2) is 4.39 Å². The van der Waals surface area contributed by atoms with Crippen molar-refractivity contribution in [2.24, 2.45) is 5.92 Å². The van der Waals surface area contributed by atoms with E-state index in [1.54, 1.807) is 12.1 Å². The Morgan fingerprint density at radius 3 is 2.50 bits per heavy atom. The van der Waals surface area contributed by atoms with Gasteiger partial charge >= 0.3 is 0 Å². The highest BCUT2D eigenvalue weighted by Gasteiger charge is 2.20. The number of benzene rings is 1. The molecule has 0 amide bonds. The van der Waals surface area contributed by atoms with Crippen LogP contribution in [0.2, 0.25) is 0 Å². The van der Waals surface area contributed by atoms with Gasteiger partial charge < -0.3 is 9.47 Å². The summed E-state index contributed by atoms with van der Waals surface area (Å²) in [4.78, 5) is 0. The monoisotopic (exact) mass is 300 g/mol. The third kappa shape index (κ3) is 5.90. The first-order valence-electron chi connectivity index (χ1n) is 7.78. The van der Waals surface area contributed by atoms with Gasteiger partial charge in [-0.1, -0.05) is 31.6 Å². The molecule has 0 saturated carbocycles. The average Bonchev–Trinajstić information content (AvgIpc) is 2.55. The molecule has 2 nitrogen and oxygen atoms in total. The quantitative estimate of drug-likeness (QED) is 0.623. The van der Waals surface area contributed by atoms with Gasteiger partial charge in [-0.2, -0.15) is 0 Å². The summed E-state index contributed by atoms with van der Waals surface area (Å²) >= 11 is 0. The van der Waals surface area contributed by atoms with Gasteiger partial charge in [0.1, 0.15) is 5.82 Å². The molecule has 1 saturated heterocycles. The van der Waals surface area contributed by atoms with E-state index in [9.17, 15) is 4.39 Å². The van der Waals surface area contributed by atoms with Crippen molar-refractivity contribution in [3.63, 3.8) is 0 Å². The largest absolute Gasteiger partial charge is 0.351 e. The van der Waals surface area contributed by atoms with E-state index in [0.29, 0.717) is 13.2 Å². The van der Waals surface area contributed by atoms with Crippen LogP contribution in [0.3, 0.4) is 0 Å². The fourth-order valence-electron chi connectivity index (χ4n) is 2.13. The van der Waals surface area contributed by atoms with Crippen LogP contribution >= 0.6 is 0 Å². The van der Waals surface area contributed by atoms with Crippen molar-refractivity contribution in [1.29, 1.82) is 0 Å². The number of hydrogen-bond donors (Lipinski definition) is 0. The summed E-state index contributed by atoms with van der Waals surface area (Å²) < 4.78 is 24.0. The Bertz CT molecular complexity index is 563. The van der Waals surface area contributed by atoms with Crippen LogP contribution in [0, 0.1) is 35.4 Å². The third-order valence-corrected chi connectivity index (χ3v) is 3.40. The summed E-state index contributed by atoms with van der Waals surface area (Å²) in [6, 6.07) is 6.05. The van der Waals surface area contributed by atoms with E-state index < -0.39 is 0 Å². The average molecular weight is 300 g/mol. The maximum Gasteiger partial charge on any atom is 0.157 e. The highest BCUT2D eigenvalue weighted by molar-refractivity contribution is 5.40. The lowest BCUT2D eigenvalue weighted by Crippen LogP contribution is -2.31. The van der Waals surface area contributed by atoms with E-state index in [1.165, 1.54) is 25.0 Å². The molecule has 1 aliphatic rings. The van der Waals surface area contributed by atoms with Gasteiger partial charge in [0.15, 0.2) is 6.29 Å². The Balaban J connectivity index is 1.74. The summed E-state index contributed by atoms with van der Waals surface area (Å²) in [7, 11) is 0. The zero-order valence-electron chi connectivity index (χ0n) is 12.9. The number of halogens is 1. The summed E-state index contributed by atoms with van der Waals surface area (Å²) in [6.45, 7) is 3.38. The molecule has 0 N–H and O–H groups in total. The molecule has 0 bridgehead atoms. The van der Waals surface area contributed by atoms with Crippen LogP contribution in [0.4, 0.5) is 4.39 Å². The molecule has 0 aliphatic carbocycles. The summed E-state index contributed by atoms with van der Waals surface area (Å²) in [6.07, 6.45) is 4.44. The predicted octanol–water partition coefficient (Wildman–Crippen LogP) is 3.75. The van der Waals surface area contributed by atoms with Gasteiger partial charge in [0.25, 0.3) is 0 Å². The highest BCUT2D eigenvalue weighted by Crippen LogP contribution is 2.15. The SMILES string of the molecule is CCCCCC1OCC(C#CC#Cc2ccc(F)cc2)CO1. The van der Waals surface area contributed by atoms with Gasteiger partial charge in [-0.05, 0) is 48.9 Å². The topological polar surface area (TPSA) is 18.5 Å². The zero-order valence-corrected chi connectivity index (χ0v) is 12.9. The van der Waals surface area contributed by atoms with Crippen LogP contribution in [0.5, 0.6) is 0 Å². The second-order valence-electron chi connectivity index (χ2n) is 5.32. The van der Waals surface area contributed by atoms with Gasteiger partial charge in [0.05, 0.1) is 19.1 Å². The van der Waals surface area contributed by atoms with Crippen LogP contribution < -0.4 is 0 Å². The fourth-order valence-corrected chi connectivity index (χ4v) is 2.13. The van der Waals surface area contributed by atoms with Crippen molar-refractivity contribution in [1.82, 2.24) is 0 Å². The van der Waals surface area contributed by atoms with Crippen LogP contribution in [-0.2, 0) is 9.47 Å². The number of unbranched alkanes of at least 4 members (excludes halogenated alkanes) is 2. The maximum atomic E-state index is 12.7. The normalized spacial score (nSPS) is 20.5. The smallest absolute Gasteiger partial charge is 0.157 e. The van der Waals surface area contributed by atoms with E-state index >= 15 is 0 Å². The fraction of sp³-hybridized carbons (Fsp3) is 0.474. The second-order valence-corrected chi connectivity index (χ2v) is 5.32. The minimum atomic E-state index is -0.262. The Kier molecular flexibility index (Phi) is 6.97. The lowest BCUT2D eigenvalue weighted by atomic mass is 10.1. The highest BCUT2D eigenvalue weighted by atomic mass is 19.1. The van der Waals surface area contributed by atoms with E-state index in [1.807, 2.05) is 0 Å². The van der Waals surface area contributed by atoms with E-state index in [-0.39, 0.29) is 18.0 Å². The molecule has 1 aromatic rings. The Morgan fingerprint density at radius 2 is 1.82 bits per heavy atom. The molecule has 2 rings (SSSR count). The molecule has 3 heteroatoms. The minimum Gasteiger partial charge on any atom is -0.351 e. The molecule has 22 heavy (non-hydrogen) atoms. The van der Waals surface area contributed by atoms with Gasteiger partial charge in [0.2, 0.25) is 0 Å². The molecule has 0 spiro atoms. The van der Waals surface area contributed by atoms with E-state index in [2.05, 4.69) is 30.6 Å². The first kappa shape index (κ1) is 16.6. The van der Waals surface area contributed by atoms with Crippen molar-refractivity contribution in [2.45, 2.75) is 38.9 Å². The van der Waals surface area contributed by atoms with Crippen molar-refractivity contribution in [2.75, 3.05) is 13.2 Å². The van der Waals surface area contributed by atoms with Crippen molar-refractivity contribution in [3.8, 4) is 23.7 Å². The van der Waals surface area contributed by atoms with Gasteiger partial charge in [0, 0.05) is 5.56 Å². The number of rotatable bonds is 4. The molecule has 0 aromatic heterocycles. The Morgan fingerprint density at radius 1 is 1.09 bits per heavy atom.